The van der Waals surface area contributed by atoms with Crippen LogP contribution < -0.4 is 5.32 Å². The zero-order chi connectivity index (χ0) is 20.6. The van der Waals surface area contributed by atoms with Gasteiger partial charge in [-0.25, -0.2) is 8.42 Å². The maximum absolute atomic E-state index is 12.9. The summed E-state index contributed by atoms with van der Waals surface area (Å²) in [6.45, 7) is 6.32. The number of rotatable bonds is 6. The lowest BCUT2D eigenvalue weighted by Crippen LogP contribution is -2.29. The highest BCUT2D eigenvalue weighted by atomic mass is 32.2. The molecule has 29 heavy (non-hydrogen) atoms. The molecule has 154 valence electrons. The Hall–Kier alpha value is -2.16. The molecule has 0 radical (unpaired) electrons. The summed E-state index contributed by atoms with van der Waals surface area (Å²) in [4.78, 5) is 13.2. The number of carbonyl (C=O) groups excluding carboxylic acids is 1. The zero-order valence-electron chi connectivity index (χ0n) is 16.6. The Bertz CT molecular complexity index is 1140. The van der Waals surface area contributed by atoms with Gasteiger partial charge in [0, 0.05) is 42.4 Å². The first kappa shape index (κ1) is 20.1. The number of benzene rings is 1. The van der Waals surface area contributed by atoms with Gasteiger partial charge in [0.05, 0.1) is 0 Å². The van der Waals surface area contributed by atoms with Crippen LogP contribution in [0.1, 0.15) is 36.4 Å². The molecule has 1 aliphatic rings. The van der Waals surface area contributed by atoms with E-state index in [1.54, 1.807) is 5.38 Å². The Balaban J connectivity index is 1.57. The van der Waals surface area contributed by atoms with E-state index in [1.807, 2.05) is 24.3 Å². The van der Waals surface area contributed by atoms with Gasteiger partial charge in [0.1, 0.15) is 9.77 Å². The quantitative estimate of drug-likeness (QED) is 0.629. The Morgan fingerprint density at radius 3 is 2.66 bits per heavy atom. The molecule has 0 atom stereocenters. The van der Waals surface area contributed by atoms with Gasteiger partial charge in [0.15, 0.2) is 0 Å². The van der Waals surface area contributed by atoms with Crippen LogP contribution in [0, 0.1) is 5.92 Å². The lowest BCUT2D eigenvalue weighted by molar-refractivity contribution is 0.102. The van der Waals surface area contributed by atoms with Crippen LogP contribution in [0.15, 0.2) is 46.8 Å². The van der Waals surface area contributed by atoms with Gasteiger partial charge in [-0.1, -0.05) is 13.8 Å². The predicted octanol–water partition coefficient (Wildman–Crippen LogP) is 4.40. The summed E-state index contributed by atoms with van der Waals surface area (Å²) >= 11 is 1.16. The Morgan fingerprint density at radius 1 is 1.17 bits per heavy atom. The molecule has 8 heteroatoms. The van der Waals surface area contributed by atoms with Crippen molar-refractivity contribution in [1.82, 2.24) is 8.87 Å². The third kappa shape index (κ3) is 3.97. The molecule has 0 unspecified atom stereocenters. The van der Waals surface area contributed by atoms with Gasteiger partial charge < -0.3 is 9.88 Å². The first-order valence-electron chi connectivity index (χ1n) is 9.84. The number of hydrogen-bond donors (Lipinski definition) is 1. The average Bonchev–Trinajstić information content (AvgIpc) is 3.42. The Morgan fingerprint density at radius 2 is 1.93 bits per heavy atom. The highest BCUT2D eigenvalue weighted by Gasteiger charge is 2.31. The minimum Gasteiger partial charge on any atom is -0.347 e. The van der Waals surface area contributed by atoms with Crippen LogP contribution in [-0.4, -0.2) is 36.3 Å². The first-order chi connectivity index (χ1) is 13.9. The van der Waals surface area contributed by atoms with Crippen molar-refractivity contribution in [2.45, 2.75) is 38.1 Å². The second kappa shape index (κ2) is 7.93. The molecule has 2 aromatic heterocycles. The number of anilines is 1. The van der Waals surface area contributed by atoms with Crippen LogP contribution in [0.25, 0.3) is 10.9 Å². The van der Waals surface area contributed by atoms with E-state index in [9.17, 15) is 13.2 Å². The van der Waals surface area contributed by atoms with Crippen LogP contribution in [-0.2, 0) is 16.6 Å². The van der Waals surface area contributed by atoms with Crippen molar-refractivity contribution in [3.63, 3.8) is 0 Å². The first-order valence-corrected chi connectivity index (χ1v) is 12.2. The van der Waals surface area contributed by atoms with Crippen LogP contribution in [0.2, 0.25) is 0 Å². The van der Waals surface area contributed by atoms with Crippen LogP contribution in [0.4, 0.5) is 5.69 Å². The van der Waals surface area contributed by atoms with Gasteiger partial charge in [-0.3, -0.25) is 4.79 Å². The molecule has 0 bridgehead atoms. The summed E-state index contributed by atoms with van der Waals surface area (Å²) in [5.74, 6) is 0.151. The van der Waals surface area contributed by atoms with Crippen molar-refractivity contribution in [1.29, 1.82) is 0 Å². The number of aromatic nitrogens is 1. The summed E-state index contributed by atoms with van der Waals surface area (Å²) in [6, 6.07) is 9.33. The predicted molar refractivity (Wildman–Crippen MR) is 117 cm³/mol. The maximum Gasteiger partial charge on any atom is 0.267 e. The van der Waals surface area contributed by atoms with Crippen molar-refractivity contribution < 1.29 is 13.2 Å². The van der Waals surface area contributed by atoms with E-state index in [2.05, 4.69) is 29.9 Å². The molecule has 1 aromatic carbocycles. The molecule has 3 aromatic rings. The summed E-state index contributed by atoms with van der Waals surface area (Å²) in [6.07, 6.45) is 3.78. The number of nitrogens with one attached hydrogen (secondary N) is 1. The fourth-order valence-electron chi connectivity index (χ4n) is 3.75. The number of hydrogen-bond acceptors (Lipinski definition) is 4. The number of sulfonamides is 1. The van der Waals surface area contributed by atoms with Crippen LogP contribution in [0.5, 0.6) is 0 Å². The molecular weight excluding hydrogens is 406 g/mol. The van der Waals surface area contributed by atoms with E-state index in [-0.39, 0.29) is 9.77 Å². The van der Waals surface area contributed by atoms with Crippen LogP contribution in [0.3, 0.4) is 0 Å². The minimum absolute atomic E-state index is 0.103. The molecule has 6 nitrogen and oxygen atoms in total. The zero-order valence-corrected chi connectivity index (χ0v) is 18.2. The topological polar surface area (TPSA) is 71.4 Å². The van der Waals surface area contributed by atoms with E-state index in [1.165, 1.54) is 10.4 Å². The van der Waals surface area contributed by atoms with Crippen molar-refractivity contribution in [2.24, 2.45) is 5.92 Å². The number of amides is 1. The molecule has 1 fully saturated rings. The number of thiophene rings is 1. The maximum atomic E-state index is 12.9. The largest absolute Gasteiger partial charge is 0.347 e. The van der Waals surface area contributed by atoms with E-state index in [0.29, 0.717) is 24.7 Å². The Kier molecular flexibility index (Phi) is 5.50. The van der Waals surface area contributed by atoms with Gasteiger partial charge in [-0.2, -0.15) is 4.31 Å². The van der Waals surface area contributed by atoms with E-state index < -0.39 is 15.9 Å². The third-order valence-corrected chi connectivity index (χ3v) is 8.09. The van der Waals surface area contributed by atoms with Crippen molar-refractivity contribution in [2.75, 3.05) is 18.4 Å². The second-order valence-electron chi connectivity index (χ2n) is 7.81. The summed E-state index contributed by atoms with van der Waals surface area (Å²) in [7, 11) is -3.63. The second-order valence-corrected chi connectivity index (χ2v) is 10.6. The Labute approximate surface area is 175 Å². The lowest BCUT2D eigenvalue weighted by atomic mass is 10.2. The number of carbonyl (C=O) groups is 1. The molecule has 1 aliphatic heterocycles. The normalized spacial score (nSPS) is 15.4. The minimum atomic E-state index is -3.63. The van der Waals surface area contributed by atoms with Crippen molar-refractivity contribution in [3.05, 3.63) is 46.8 Å². The molecular formula is C21H25N3O3S2. The molecule has 1 amide bonds. The highest BCUT2D eigenvalue weighted by molar-refractivity contribution is 7.89. The molecule has 1 saturated heterocycles. The molecule has 4 rings (SSSR count). The fourth-order valence-corrected chi connectivity index (χ4v) is 6.57. The molecule has 0 aliphatic carbocycles. The fraction of sp³-hybridized carbons (Fsp3) is 0.381. The van der Waals surface area contributed by atoms with Gasteiger partial charge in [-0.05, 0) is 54.5 Å². The van der Waals surface area contributed by atoms with Gasteiger partial charge >= 0.3 is 0 Å². The van der Waals surface area contributed by atoms with Crippen molar-refractivity contribution >= 4 is 43.9 Å². The van der Waals surface area contributed by atoms with E-state index in [4.69, 9.17) is 0 Å². The van der Waals surface area contributed by atoms with Crippen LogP contribution >= 0.6 is 11.3 Å². The van der Waals surface area contributed by atoms with Gasteiger partial charge in [-0.15, -0.1) is 11.3 Å². The summed E-state index contributed by atoms with van der Waals surface area (Å²) in [5.41, 5.74) is 1.77. The van der Waals surface area contributed by atoms with E-state index in [0.717, 1.165) is 41.6 Å². The molecule has 0 saturated carbocycles. The average molecular weight is 432 g/mol. The molecule has 3 heterocycles. The third-order valence-electron chi connectivity index (χ3n) is 5.11. The standard InChI is InChI=1S/C21H25N3O3S2/c1-15(2)14-23-11-7-16-13-17(5-6-18(16)23)22-21(25)20-19(8-12-28-20)29(26,27)24-9-3-4-10-24/h5-8,11-13,15H,3-4,9-10,14H2,1-2H3,(H,22,25). The monoisotopic (exact) mass is 431 g/mol. The lowest BCUT2D eigenvalue weighted by Gasteiger charge is -2.15. The van der Waals surface area contributed by atoms with Gasteiger partial charge in [0.2, 0.25) is 10.0 Å². The summed E-state index contributed by atoms with van der Waals surface area (Å²) in [5, 5.41) is 5.57. The molecule has 1 N–H and O–H groups in total. The van der Waals surface area contributed by atoms with Crippen molar-refractivity contribution in [3.8, 4) is 0 Å². The highest BCUT2D eigenvalue weighted by Crippen LogP contribution is 2.29. The summed E-state index contributed by atoms with van der Waals surface area (Å²) < 4.78 is 29.4. The SMILES string of the molecule is CC(C)Cn1ccc2cc(NC(=O)c3sccc3S(=O)(=O)N3CCCC3)ccc21. The number of fused-ring (bicyclic) bond motifs is 1. The number of nitrogens with zero attached hydrogens (tertiary/aromatic N) is 2. The smallest absolute Gasteiger partial charge is 0.267 e. The van der Waals surface area contributed by atoms with E-state index >= 15 is 0 Å². The van der Waals surface area contributed by atoms with Gasteiger partial charge in [0.25, 0.3) is 5.91 Å². The molecule has 0 spiro atoms.